The first-order valence-corrected chi connectivity index (χ1v) is 5.37. The Hall–Kier alpha value is -1.35. The first-order chi connectivity index (χ1) is 7.38. The van der Waals surface area contributed by atoms with E-state index in [1.54, 1.807) is 13.8 Å². The van der Waals surface area contributed by atoms with Gasteiger partial charge in [0.1, 0.15) is 0 Å². The van der Waals surface area contributed by atoms with Crippen molar-refractivity contribution < 1.29 is 15.0 Å². The van der Waals surface area contributed by atoms with Crippen LogP contribution in [0.25, 0.3) is 0 Å². The fourth-order valence-corrected chi connectivity index (χ4v) is 1.75. The van der Waals surface area contributed by atoms with Gasteiger partial charge < -0.3 is 10.2 Å². The molecule has 0 aliphatic carbocycles. The lowest BCUT2D eigenvalue weighted by molar-refractivity contribution is -0.143. The van der Waals surface area contributed by atoms with E-state index >= 15 is 0 Å². The number of benzene rings is 1. The zero-order valence-electron chi connectivity index (χ0n) is 9.68. The van der Waals surface area contributed by atoms with Gasteiger partial charge in [-0.3, -0.25) is 4.79 Å². The van der Waals surface area contributed by atoms with Crippen molar-refractivity contribution in [2.75, 3.05) is 0 Å². The number of hydrogen-bond donors (Lipinski definition) is 2. The molecule has 1 unspecified atom stereocenters. The lowest BCUT2D eigenvalue weighted by atomic mass is 9.89. The van der Waals surface area contributed by atoms with Crippen molar-refractivity contribution in [2.45, 2.75) is 32.3 Å². The summed E-state index contributed by atoms with van der Waals surface area (Å²) in [7, 11) is 0. The Balaban J connectivity index is 2.70. The molecule has 1 rings (SSSR count). The molecule has 3 nitrogen and oxygen atoms in total. The first kappa shape index (κ1) is 12.7. The van der Waals surface area contributed by atoms with Crippen LogP contribution in [0.4, 0.5) is 0 Å². The highest BCUT2D eigenvalue weighted by Gasteiger charge is 2.25. The Bertz CT molecular complexity index is 338. The molecule has 0 saturated carbocycles. The summed E-state index contributed by atoms with van der Waals surface area (Å²) in [5.74, 6) is -1.40. The largest absolute Gasteiger partial charge is 0.481 e. The van der Waals surface area contributed by atoms with E-state index in [0.717, 1.165) is 5.56 Å². The van der Waals surface area contributed by atoms with Crippen molar-refractivity contribution >= 4 is 5.97 Å². The molecule has 0 fully saturated rings. The molecule has 0 heterocycles. The number of aliphatic carboxylic acids is 1. The molecule has 0 spiro atoms. The van der Waals surface area contributed by atoms with Gasteiger partial charge in [-0.25, -0.2) is 0 Å². The second-order valence-electron chi connectivity index (χ2n) is 4.74. The number of aliphatic hydroxyl groups is 1. The summed E-state index contributed by atoms with van der Waals surface area (Å²) < 4.78 is 0. The van der Waals surface area contributed by atoms with Crippen LogP contribution in [-0.4, -0.2) is 21.8 Å². The first-order valence-electron chi connectivity index (χ1n) is 5.37. The van der Waals surface area contributed by atoms with E-state index in [-0.39, 0.29) is 6.42 Å². The average molecular weight is 222 g/mol. The number of carboxylic acid groups (broad SMARTS) is 1. The number of carbonyl (C=O) groups is 1. The monoisotopic (exact) mass is 222 g/mol. The van der Waals surface area contributed by atoms with Crippen LogP contribution in [0.15, 0.2) is 30.3 Å². The van der Waals surface area contributed by atoms with Gasteiger partial charge in [0.2, 0.25) is 0 Å². The van der Waals surface area contributed by atoms with Crippen LogP contribution in [0.1, 0.15) is 25.8 Å². The van der Waals surface area contributed by atoms with Crippen LogP contribution in [0, 0.1) is 5.92 Å². The Labute approximate surface area is 95.7 Å². The Kier molecular flexibility index (Phi) is 4.07. The summed E-state index contributed by atoms with van der Waals surface area (Å²) >= 11 is 0. The van der Waals surface area contributed by atoms with Gasteiger partial charge in [-0.2, -0.15) is 0 Å². The molecule has 1 atom stereocenters. The van der Waals surface area contributed by atoms with E-state index < -0.39 is 17.5 Å². The van der Waals surface area contributed by atoms with Gasteiger partial charge in [0.25, 0.3) is 0 Å². The number of hydrogen-bond acceptors (Lipinski definition) is 2. The van der Waals surface area contributed by atoms with Crippen molar-refractivity contribution in [2.24, 2.45) is 5.92 Å². The van der Waals surface area contributed by atoms with Gasteiger partial charge >= 0.3 is 5.97 Å². The molecule has 3 heteroatoms. The smallest absolute Gasteiger partial charge is 0.306 e. The lowest BCUT2D eigenvalue weighted by Crippen LogP contribution is -2.28. The zero-order valence-corrected chi connectivity index (χ0v) is 9.68. The highest BCUT2D eigenvalue weighted by Crippen LogP contribution is 2.20. The Morgan fingerprint density at radius 2 is 1.88 bits per heavy atom. The fourth-order valence-electron chi connectivity index (χ4n) is 1.75. The summed E-state index contributed by atoms with van der Waals surface area (Å²) in [6.45, 7) is 3.27. The third kappa shape index (κ3) is 4.45. The van der Waals surface area contributed by atoms with Crippen molar-refractivity contribution in [1.29, 1.82) is 0 Å². The predicted octanol–water partition coefficient (Wildman–Crippen LogP) is 2.09. The molecule has 1 aromatic rings. The topological polar surface area (TPSA) is 57.5 Å². The standard InChI is InChI=1S/C13H18O3/c1-13(2,16)9-11(12(14)15)8-10-6-4-3-5-7-10/h3-7,11,16H,8-9H2,1-2H3,(H,14,15). The highest BCUT2D eigenvalue weighted by atomic mass is 16.4. The molecule has 0 saturated heterocycles. The lowest BCUT2D eigenvalue weighted by Gasteiger charge is -2.22. The minimum Gasteiger partial charge on any atom is -0.481 e. The maximum Gasteiger partial charge on any atom is 0.306 e. The zero-order chi connectivity index (χ0) is 12.2. The average Bonchev–Trinajstić information content (AvgIpc) is 2.16. The van der Waals surface area contributed by atoms with Crippen LogP contribution in [0.3, 0.4) is 0 Å². The second kappa shape index (κ2) is 5.12. The van der Waals surface area contributed by atoms with Gasteiger partial charge in [-0.1, -0.05) is 30.3 Å². The molecule has 88 valence electrons. The van der Waals surface area contributed by atoms with Crippen LogP contribution in [-0.2, 0) is 11.2 Å². The van der Waals surface area contributed by atoms with E-state index in [2.05, 4.69) is 0 Å². The highest BCUT2D eigenvalue weighted by molar-refractivity contribution is 5.70. The maximum absolute atomic E-state index is 11.1. The van der Waals surface area contributed by atoms with E-state index in [9.17, 15) is 9.90 Å². The molecule has 2 N–H and O–H groups in total. The van der Waals surface area contributed by atoms with Gasteiger partial charge in [0.15, 0.2) is 0 Å². The normalized spacial score (nSPS) is 13.4. The summed E-state index contributed by atoms with van der Waals surface area (Å²) in [6.07, 6.45) is 0.720. The third-order valence-corrected chi connectivity index (χ3v) is 2.42. The number of carboxylic acids is 1. The number of rotatable bonds is 5. The third-order valence-electron chi connectivity index (χ3n) is 2.42. The van der Waals surface area contributed by atoms with Crippen LogP contribution >= 0.6 is 0 Å². The SMILES string of the molecule is CC(C)(O)CC(Cc1ccccc1)C(=O)O. The summed E-state index contributed by atoms with van der Waals surface area (Å²) in [6, 6.07) is 9.48. The van der Waals surface area contributed by atoms with E-state index in [1.165, 1.54) is 0 Å². The molecule has 1 aromatic carbocycles. The molecular weight excluding hydrogens is 204 g/mol. The van der Waals surface area contributed by atoms with E-state index in [0.29, 0.717) is 6.42 Å². The Morgan fingerprint density at radius 3 is 2.31 bits per heavy atom. The summed E-state index contributed by atoms with van der Waals surface area (Å²) in [4.78, 5) is 11.1. The molecular formula is C13H18O3. The summed E-state index contributed by atoms with van der Waals surface area (Å²) in [5, 5.41) is 18.7. The minimum absolute atomic E-state index is 0.261. The second-order valence-corrected chi connectivity index (χ2v) is 4.74. The minimum atomic E-state index is -0.947. The van der Waals surface area contributed by atoms with Gasteiger partial charge in [-0.05, 0) is 32.3 Å². The van der Waals surface area contributed by atoms with E-state index in [4.69, 9.17) is 5.11 Å². The van der Waals surface area contributed by atoms with Crippen molar-refractivity contribution in [3.63, 3.8) is 0 Å². The molecule has 0 amide bonds. The fraction of sp³-hybridized carbons (Fsp3) is 0.462. The quantitative estimate of drug-likeness (QED) is 0.802. The van der Waals surface area contributed by atoms with Crippen LogP contribution < -0.4 is 0 Å². The van der Waals surface area contributed by atoms with Gasteiger partial charge in [0, 0.05) is 0 Å². The van der Waals surface area contributed by atoms with E-state index in [1.807, 2.05) is 30.3 Å². The molecule has 0 radical (unpaired) electrons. The molecule has 0 aliphatic rings. The van der Waals surface area contributed by atoms with Crippen molar-refractivity contribution in [3.8, 4) is 0 Å². The maximum atomic E-state index is 11.1. The molecule has 0 aromatic heterocycles. The van der Waals surface area contributed by atoms with Gasteiger partial charge in [-0.15, -0.1) is 0 Å². The predicted molar refractivity (Wildman–Crippen MR) is 62.2 cm³/mol. The van der Waals surface area contributed by atoms with Crippen molar-refractivity contribution in [1.82, 2.24) is 0 Å². The Morgan fingerprint density at radius 1 is 1.31 bits per heavy atom. The van der Waals surface area contributed by atoms with Crippen LogP contribution in [0.2, 0.25) is 0 Å². The van der Waals surface area contributed by atoms with Gasteiger partial charge in [0.05, 0.1) is 11.5 Å². The molecule has 0 aliphatic heterocycles. The summed E-state index contributed by atoms with van der Waals surface area (Å²) in [5.41, 5.74) is 0.0387. The van der Waals surface area contributed by atoms with Crippen molar-refractivity contribution in [3.05, 3.63) is 35.9 Å². The molecule has 0 bridgehead atoms. The molecule has 16 heavy (non-hydrogen) atoms. The van der Waals surface area contributed by atoms with Crippen LogP contribution in [0.5, 0.6) is 0 Å².